The molecule has 0 spiro atoms. The van der Waals surface area contributed by atoms with Crippen LogP contribution in [0.4, 0.5) is 0 Å². The summed E-state index contributed by atoms with van der Waals surface area (Å²) in [5.41, 5.74) is 0. The number of ether oxygens (including phenoxy) is 2. The zero-order valence-corrected chi connectivity index (χ0v) is 9.89. The number of esters is 1. The molecule has 0 aliphatic carbocycles. The molecule has 90 valence electrons. The predicted octanol–water partition coefficient (Wildman–Crippen LogP) is 0.375. The van der Waals surface area contributed by atoms with E-state index in [0.29, 0.717) is 13.0 Å². The Morgan fingerprint density at radius 1 is 1.44 bits per heavy atom. The third kappa shape index (κ3) is 4.44. The van der Waals surface area contributed by atoms with E-state index in [1.807, 2.05) is 18.7 Å². The first-order chi connectivity index (χ1) is 7.76. The van der Waals surface area contributed by atoms with E-state index in [1.165, 1.54) is 7.11 Å². The molecule has 1 aromatic heterocycles. The number of imidazole rings is 1. The monoisotopic (exact) mass is 227 g/mol. The van der Waals surface area contributed by atoms with E-state index in [2.05, 4.69) is 13.9 Å². The molecule has 0 unspecified atom stereocenters. The van der Waals surface area contributed by atoms with Gasteiger partial charge in [0.25, 0.3) is 0 Å². The molecule has 0 aliphatic rings. The smallest absolute Gasteiger partial charge is 0.305 e. The summed E-state index contributed by atoms with van der Waals surface area (Å²) in [5, 5.41) is 0. The van der Waals surface area contributed by atoms with Gasteiger partial charge >= 0.3 is 5.97 Å². The van der Waals surface area contributed by atoms with E-state index in [0.717, 1.165) is 19.5 Å². The Bertz CT molecular complexity index is 323. The Hall–Kier alpha value is -1.36. The second-order valence-electron chi connectivity index (χ2n) is 3.56. The van der Waals surface area contributed by atoms with Gasteiger partial charge in [0.15, 0.2) is 0 Å². The minimum atomic E-state index is -0.153. The molecule has 0 amide bonds. The van der Waals surface area contributed by atoms with E-state index >= 15 is 0 Å². The second kappa shape index (κ2) is 7.00. The van der Waals surface area contributed by atoms with Gasteiger partial charge in [-0.15, -0.1) is 0 Å². The van der Waals surface area contributed by atoms with Gasteiger partial charge in [0, 0.05) is 13.5 Å². The molecule has 0 aromatic carbocycles. The van der Waals surface area contributed by atoms with Crippen molar-refractivity contribution >= 4 is 5.97 Å². The van der Waals surface area contributed by atoms with Crippen molar-refractivity contribution in [1.82, 2.24) is 4.57 Å². The molecule has 5 heteroatoms. The summed E-state index contributed by atoms with van der Waals surface area (Å²) in [6, 6.07) is 0. The van der Waals surface area contributed by atoms with Crippen molar-refractivity contribution in [3.05, 3.63) is 18.7 Å². The van der Waals surface area contributed by atoms with E-state index in [1.54, 1.807) is 7.11 Å². The van der Waals surface area contributed by atoms with Gasteiger partial charge in [-0.25, -0.2) is 9.13 Å². The van der Waals surface area contributed by atoms with Gasteiger partial charge in [-0.1, -0.05) is 0 Å². The molecule has 0 atom stereocenters. The van der Waals surface area contributed by atoms with E-state index < -0.39 is 0 Å². The Morgan fingerprint density at radius 2 is 2.25 bits per heavy atom. The largest absolute Gasteiger partial charge is 0.469 e. The lowest BCUT2D eigenvalue weighted by atomic mass is 10.3. The first-order valence-corrected chi connectivity index (χ1v) is 5.37. The highest BCUT2D eigenvalue weighted by Gasteiger charge is 2.05. The van der Waals surface area contributed by atoms with Gasteiger partial charge in [-0.2, -0.15) is 0 Å². The molecule has 0 N–H and O–H groups in total. The topological polar surface area (TPSA) is 44.3 Å². The van der Waals surface area contributed by atoms with Crippen LogP contribution in [0.25, 0.3) is 0 Å². The van der Waals surface area contributed by atoms with Crippen molar-refractivity contribution in [3.63, 3.8) is 0 Å². The lowest BCUT2D eigenvalue weighted by Gasteiger charge is -1.97. The van der Waals surface area contributed by atoms with Crippen molar-refractivity contribution in [1.29, 1.82) is 0 Å². The Balaban J connectivity index is 2.26. The zero-order chi connectivity index (χ0) is 11.8. The van der Waals surface area contributed by atoms with Crippen LogP contribution in [0.15, 0.2) is 18.7 Å². The number of carbonyl (C=O) groups excluding carboxylic acids is 1. The van der Waals surface area contributed by atoms with Gasteiger partial charge in [0.05, 0.1) is 20.3 Å². The van der Waals surface area contributed by atoms with Crippen molar-refractivity contribution in [2.75, 3.05) is 20.8 Å². The molecule has 0 bridgehead atoms. The number of carbonyl (C=O) groups is 1. The zero-order valence-electron chi connectivity index (χ0n) is 9.89. The number of hydrogen-bond acceptors (Lipinski definition) is 3. The van der Waals surface area contributed by atoms with Crippen molar-refractivity contribution in [2.45, 2.75) is 25.9 Å². The summed E-state index contributed by atoms with van der Waals surface area (Å²) < 4.78 is 13.7. The van der Waals surface area contributed by atoms with Crippen LogP contribution in [-0.4, -0.2) is 31.4 Å². The lowest BCUT2D eigenvalue weighted by molar-refractivity contribution is -0.696. The molecule has 1 aromatic rings. The average molecular weight is 227 g/mol. The molecule has 0 aliphatic heterocycles. The quantitative estimate of drug-likeness (QED) is 0.499. The first-order valence-electron chi connectivity index (χ1n) is 5.37. The maximum Gasteiger partial charge on any atom is 0.305 e. The van der Waals surface area contributed by atoms with Crippen LogP contribution < -0.4 is 4.57 Å². The van der Waals surface area contributed by atoms with Gasteiger partial charge in [0.2, 0.25) is 6.33 Å². The molecular weight excluding hydrogens is 208 g/mol. The van der Waals surface area contributed by atoms with Crippen molar-refractivity contribution in [2.24, 2.45) is 0 Å². The third-order valence-corrected chi connectivity index (χ3v) is 2.32. The fraction of sp³-hybridized carbons (Fsp3) is 0.636. The highest BCUT2D eigenvalue weighted by atomic mass is 16.5. The van der Waals surface area contributed by atoms with Crippen LogP contribution in [0.2, 0.25) is 0 Å². The van der Waals surface area contributed by atoms with Crippen molar-refractivity contribution in [3.8, 4) is 0 Å². The number of hydrogen-bond donors (Lipinski definition) is 0. The number of methoxy groups -OCH3 is 2. The summed E-state index contributed by atoms with van der Waals surface area (Å²) in [5.74, 6) is -0.153. The summed E-state index contributed by atoms with van der Waals surface area (Å²) in [4.78, 5) is 10.9. The van der Waals surface area contributed by atoms with E-state index in [9.17, 15) is 4.79 Å². The van der Waals surface area contributed by atoms with Crippen LogP contribution in [0.5, 0.6) is 0 Å². The molecule has 0 fully saturated rings. The SMILES string of the molecule is COCCn1cc[n+](CCCC(=O)OC)c1. The predicted molar refractivity (Wildman–Crippen MR) is 57.8 cm³/mol. The van der Waals surface area contributed by atoms with E-state index in [-0.39, 0.29) is 5.97 Å². The average Bonchev–Trinajstić information content (AvgIpc) is 2.74. The molecule has 0 radical (unpaired) electrons. The van der Waals surface area contributed by atoms with Crippen LogP contribution in [0, 0.1) is 0 Å². The number of aromatic nitrogens is 2. The fourth-order valence-corrected chi connectivity index (χ4v) is 1.41. The number of aryl methyl sites for hydroxylation is 1. The standard InChI is InChI=1S/C11H19N2O3/c1-15-9-8-13-7-6-12(10-13)5-3-4-11(14)16-2/h6-7,10H,3-5,8-9H2,1-2H3/q+1. The highest BCUT2D eigenvalue weighted by molar-refractivity contribution is 5.68. The summed E-state index contributed by atoms with van der Waals surface area (Å²) in [6.45, 7) is 2.38. The summed E-state index contributed by atoms with van der Waals surface area (Å²) in [7, 11) is 3.10. The molecule has 16 heavy (non-hydrogen) atoms. The number of rotatable bonds is 7. The van der Waals surface area contributed by atoms with Gasteiger partial charge in [0.1, 0.15) is 18.9 Å². The summed E-state index contributed by atoms with van der Waals surface area (Å²) >= 11 is 0. The molecule has 0 saturated carbocycles. The third-order valence-electron chi connectivity index (χ3n) is 2.32. The highest BCUT2D eigenvalue weighted by Crippen LogP contribution is 1.92. The molecular formula is C11H19N2O3+. The maximum atomic E-state index is 10.9. The van der Waals surface area contributed by atoms with Crippen LogP contribution in [0.3, 0.4) is 0 Å². The van der Waals surface area contributed by atoms with Crippen molar-refractivity contribution < 1.29 is 18.8 Å². The van der Waals surface area contributed by atoms with Gasteiger partial charge in [-0.3, -0.25) is 4.79 Å². The Labute approximate surface area is 95.6 Å². The van der Waals surface area contributed by atoms with Crippen LogP contribution in [-0.2, 0) is 27.4 Å². The molecule has 1 rings (SSSR count). The second-order valence-corrected chi connectivity index (χ2v) is 3.56. The van der Waals surface area contributed by atoms with Crippen LogP contribution in [0.1, 0.15) is 12.8 Å². The lowest BCUT2D eigenvalue weighted by Crippen LogP contribution is -2.31. The van der Waals surface area contributed by atoms with Crippen LogP contribution >= 0.6 is 0 Å². The Morgan fingerprint density at radius 3 is 2.94 bits per heavy atom. The Kier molecular flexibility index (Phi) is 5.56. The first kappa shape index (κ1) is 12.7. The molecule has 1 heterocycles. The normalized spacial score (nSPS) is 10.4. The van der Waals surface area contributed by atoms with Gasteiger partial charge in [-0.05, 0) is 6.42 Å². The fourth-order valence-electron chi connectivity index (χ4n) is 1.41. The molecule has 5 nitrogen and oxygen atoms in total. The minimum absolute atomic E-state index is 0.153. The van der Waals surface area contributed by atoms with E-state index in [4.69, 9.17) is 4.74 Å². The maximum absolute atomic E-state index is 10.9. The molecule has 0 saturated heterocycles. The summed E-state index contributed by atoms with van der Waals surface area (Å²) in [6.07, 6.45) is 7.26. The van der Waals surface area contributed by atoms with Gasteiger partial charge < -0.3 is 9.47 Å². The minimum Gasteiger partial charge on any atom is -0.469 e. The number of nitrogens with zero attached hydrogens (tertiary/aromatic N) is 2.